The molecular weight excluding hydrogens is 268 g/mol. The molecule has 0 saturated heterocycles. The van der Waals surface area contributed by atoms with Crippen LogP contribution in [0.1, 0.15) is 12.8 Å². The molecule has 0 unspecified atom stereocenters. The van der Waals surface area contributed by atoms with Crippen LogP contribution in [0.25, 0.3) is 12.3 Å². The first-order valence-electron chi connectivity index (χ1n) is 6.66. The number of carbonyl (C=O) groups is 1. The number of rotatable bonds is 4. The van der Waals surface area contributed by atoms with Crippen LogP contribution in [0.5, 0.6) is 0 Å². The van der Waals surface area contributed by atoms with Crippen molar-refractivity contribution in [1.82, 2.24) is 10.7 Å². The number of hydrogen-bond donors (Lipinski definition) is 2. The Hall–Kier alpha value is -2.63. The predicted molar refractivity (Wildman–Crippen MR) is 82.9 cm³/mol. The maximum atomic E-state index is 11.0. The SMILES string of the molecule is C=c1ccccc1=C1C=NNC(=NCCCC(=O)OC)N1. The molecule has 2 rings (SSSR count). The lowest BCUT2D eigenvalue weighted by Gasteiger charge is -2.14. The van der Waals surface area contributed by atoms with Crippen molar-refractivity contribution >= 4 is 30.4 Å². The summed E-state index contributed by atoms with van der Waals surface area (Å²) in [7, 11) is 1.38. The molecule has 6 nitrogen and oxygen atoms in total. The largest absolute Gasteiger partial charge is 0.469 e. The number of guanidine groups is 1. The summed E-state index contributed by atoms with van der Waals surface area (Å²) in [5, 5.41) is 9.12. The van der Waals surface area contributed by atoms with E-state index in [1.807, 2.05) is 24.3 Å². The zero-order valence-corrected chi connectivity index (χ0v) is 11.9. The lowest BCUT2D eigenvalue weighted by molar-refractivity contribution is -0.140. The van der Waals surface area contributed by atoms with Crippen molar-refractivity contribution in [3.8, 4) is 0 Å². The molecular formula is C15H18N4O2. The summed E-state index contributed by atoms with van der Waals surface area (Å²) in [4.78, 5) is 15.3. The van der Waals surface area contributed by atoms with Gasteiger partial charge in [-0.2, -0.15) is 5.10 Å². The van der Waals surface area contributed by atoms with E-state index in [0.29, 0.717) is 25.3 Å². The normalized spacial score (nSPS) is 18.0. The van der Waals surface area contributed by atoms with E-state index >= 15 is 0 Å². The van der Waals surface area contributed by atoms with E-state index in [-0.39, 0.29) is 5.97 Å². The monoisotopic (exact) mass is 286 g/mol. The number of aliphatic imine (C=N–C) groups is 1. The minimum Gasteiger partial charge on any atom is -0.469 e. The number of hydrogen-bond acceptors (Lipinski definition) is 4. The van der Waals surface area contributed by atoms with E-state index < -0.39 is 0 Å². The fraction of sp³-hybridized carbons (Fsp3) is 0.267. The van der Waals surface area contributed by atoms with Gasteiger partial charge < -0.3 is 10.1 Å². The maximum absolute atomic E-state index is 11.0. The van der Waals surface area contributed by atoms with Crippen molar-refractivity contribution in [3.63, 3.8) is 0 Å². The molecule has 1 aliphatic heterocycles. The van der Waals surface area contributed by atoms with Crippen LogP contribution in [0.2, 0.25) is 0 Å². The number of methoxy groups -OCH3 is 1. The van der Waals surface area contributed by atoms with Crippen molar-refractivity contribution in [2.75, 3.05) is 13.7 Å². The number of ether oxygens (including phenoxy) is 1. The van der Waals surface area contributed by atoms with Crippen molar-refractivity contribution < 1.29 is 9.53 Å². The Labute approximate surface area is 122 Å². The highest BCUT2D eigenvalue weighted by molar-refractivity contribution is 6.09. The van der Waals surface area contributed by atoms with Gasteiger partial charge in [0.05, 0.1) is 19.0 Å². The first-order valence-corrected chi connectivity index (χ1v) is 6.66. The van der Waals surface area contributed by atoms with E-state index in [2.05, 4.69) is 32.2 Å². The molecule has 6 heteroatoms. The van der Waals surface area contributed by atoms with Gasteiger partial charge in [0.25, 0.3) is 0 Å². The van der Waals surface area contributed by atoms with E-state index in [0.717, 1.165) is 16.1 Å². The summed E-state index contributed by atoms with van der Waals surface area (Å²) in [6.07, 6.45) is 2.68. The van der Waals surface area contributed by atoms with Crippen molar-refractivity contribution in [1.29, 1.82) is 0 Å². The standard InChI is InChI=1S/C15H18N4O2/c1-11-6-3-4-7-12(11)13-10-17-19-15(18-13)16-9-5-8-14(20)21-2/h3-4,6-7,10H,1,5,8-9H2,2H3,(H2,16,18,19). The molecule has 0 saturated carbocycles. The van der Waals surface area contributed by atoms with Crippen molar-refractivity contribution in [3.05, 3.63) is 34.7 Å². The molecule has 1 heterocycles. The highest BCUT2D eigenvalue weighted by atomic mass is 16.5. The number of hydrazone groups is 1. The van der Waals surface area contributed by atoms with Gasteiger partial charge in [-0.25, -0.2) is 5.43 Å². The fourth-order valence-electron chi connectivity index (χ4n) is 1.86. The van der Waals surface area contributed by atoms with Crippen LogP contribution in [0.15, 0.2) is 34.4 Å². The number of nitrogens with one attached hydrogen (secondary N) is 2. The van der Waals surface area contributed by atoms with Gasteiger partial charge in [-0.15, -0.1) is 0 Å². The molecule has 0 spiro atoms. The van der Waals surface area contributed by atoms with Gasteiger partial charge in [0.2, 0.25) is 5.96 Å². The summed E-state index contributed by atoms with van der Waals surface area (Å²) >= 11 is 0. The molecule has 110 valence electrons. The van der Waals surface area contributed by atoms with E-state index in [1.165, 1.54) is 7.11 Å². The third kappa shape index (κ3) is 4.17. The number of esters is 1. The van der Waals surface area contributed by atoms with E-state index in [9.17, 15) is 4.79 Å². The fourth-order valence-corrected chi connectivity index (χ4v) is 1.86. The highest BCUT2D eigenvalue weighted by Gasteiger charge is 2.06. The second-order valence-corrected chi connectivity index (χ2v) is 4.48. The molecule has 0 fully saturated rings. The molecule has 1 aliphatic rings. The summed E-state index contributed by atoms with van der Waals surface area (Å²) in [5.41, 5.74) is 3.63. The molecule has 0 atom stereocenters. The zero-order valence-electron chi connectivity index (χ0n) is 11.9. The molecule has 0 amide bonds. The van der Waals surface area contributed by atoms with Crippen LogP contribution in [0, 0.1) is 0 Å². The van der Waals surface area contributed by atoms with Crippen LogP contribution >= 0.6 is 0 Å². The number of nitrogens with zero attached hydrogens (tertiary/aromatic N) is 2. The Balaban J connectivity index is 2.05. The summed E-state index contributed by atoms with van der Waals surface area (Å²) in [5.74, 6) is 0.330. The molecule has 0 bridgehead atoms. The van der Waals surface area contributed by atoms with Crippen LogP contribution in [-0.2, 0) is 9.53 Å². The number of carbonyl (C=O) groups excluding carboxylic acids is 1. The Morgan fingerprint density at radius 2 is 2.24 bits per heavy atom. The van der Waals surface area contributed by atoms with Crippen molar-refractivity contribution in [2.45, 2.75) is 12.8 Å². The molecule has 1 aromatic carbocycles. The Morgan fingerprint density at radius 3 is 3.00 bits per heavy atom. The highest BCUT2D eigenvalue weighted by Crippen LogP contribution is 1.94. The lowest BCUT2D eigenvalue weighted by Crippen LogP contribution is -2.42. The van der Waals surface area contributed by atoms with E-state index in [1.54, 1.807) is 6.21 Å². The Kier molecular flexibility index (Phi) is 5.09. The molecule has 21 heavy (non-hydrogen) atoms. The van der Waals surface area contributed by atoms with Crippen LogP contribution in [0.3, 0.4) is 0 Å². The van der Waals surface area contributed by atoms with Gasteiger partial charge in [-0.1, -0.05) is 30.8 Å². The minimum atomic E-state index is -0.226. The first-order chi connectivity index (χ1) is 10.2. The summed E-state index contributed by atoms with van der Waals surface area (Å²) in [6, 6.07) is 7.79. The first kappa shape index (κ1) is 14.8. The summed E-state index contributed by atoms with van der Waals surface area (Å²) in [6.45, 7) is 4.50. The van der Waals surface area contributed by atoms with Gasteiger partial charge in [0.15, 0.2) is 0 Å². The average Bonchev–Trinajstić information content (AvgIpc) is 2.52. The minimum absolute atomic E-state index is 0.226. The topological polar surface area (TPSA) is 75.1 Å². The second-order valence-electron chi connectivity index (χ2n) is 4.48. The van der Waals surface area contributed by atoms with E-state index in [4.69, 9.17) is 0 Å². The summed E-state index contributed by atoms with van der Waals surface area (Å²) < 4.78 is 4.58. The van der Waals surface area contributed by atoms with Gasteiger partial charge in [0, 0.05) is 18.2 Å². The van der Waals surface area contributed by atoms with Gasteiger partial charge in [-0.05, 0) is 11.6 Å². The Morgan fingerprint density at radius 1 is 1.43 bits per heavy atom. The van der Waals surface area contributed by atoms with Crippen LogP contribution in [0.4, 0.5) is 0 Å². The van der Waals surface area contributed by atoms with Crippen molar-refractivity contribution in [2.24, 2.45) is 10.1 Å². The molecule has 1 aromatic rings. The van der Waals surface area contributed by atoms with Gasteiger partial charge in [-0.3, -0.25) is 9.79 Å². The third-order valence-corrected chi connectivity index (χ3v) is 2.96. The Bertz CT molecular complexity index is 679. The predicted octanol–water partition coefficient (Wildman–Crippen LogP) is -0.307. The molecule has 0 radical (unpaired) electrons. The molecule has 2 N–H and O–H groups in total. The zero-order chi connectivity index (χ0) is 15.1. The third-order valence-electron chi connectivity index (χ3n) is 2.96. The van der Waals surface area contributed by atoms with Gasteiger partial charge in [0.1, 0.15) is 0 Å². The molecule has 0 aliphatic carbocycles. The maximum Gasteiger partial charge on any atom is 0.305 e. The van der Waals surface area contributed by atoms with Gasteiger partial charge >= 0.3 is 5.97 Å². The average molecular weight is 286 g/mol. The second kappa shape index (κ2) is 7.23. The quantitative estimate of drug-likeness (QED) is 0.588. The van der Waals surface area contributed by atoms with Crippen LogP contribution < -0.4 is 21.2 Å². The smallest absolute Gasteiger partial charge is 0.305 e. The molecule has 0 aromatic heterocycles. The number of benzene rings is 1. The lowest BCUT2D eigenvalue weighted by atomic mass is 10.2. The van der Waals surface area contributed by atoms with Crippen LogP contribution in [-0.4, -0.2) is 31.8 Å².